The molecule has 0 amide bonds. The number of Topliss-reactive ketones (excluding diaryl/α,β-unsaturated/α-hetero) is 1. The van der Waals surface area contributed by atoms with Crippen LogP contribution in [0, 0.1) is 34.5 Å². The van der Waals surface area contributed by atoms with Crippen LogP contribution in [0.1, 0.15) is 86.4 Å². The summed E-state index contributed by atoms with van der Waals surface area (Å²) < 4.78 is 12.5. The fourth-order valence-corrected chi connectivity index (χ4v) is 9.21. The molecular weight excluding hydrogens is 500 g/mol. The fraction of sp³-hybridized carbons (Fsp3) is 0.514. The van der Waals surface area contributed by atoms with Crippen molar-refractivity contribution in [3.8, 4) is 0 Å². The molecule has 3 fully saturated rings. The molecule has 0 heterocycles. The van der Waals surface area contributed by atoms with Crippen LogP contribution in [-0.4, -0.2) is 29.9 Å². The number of allylic oxidation sites excluding steroid dienone is 2. The maximum Gasteiger partial charge on any atom is 0.338 e. The van der Waals surface area contributed by atoms with Gasteiger partial charge in [0.25, 0.3) is 0 Å². The number of fused-ring (bicyclic) bond motifs is 5. The first-order valence-corrected chi connectivity index (χ1v) is 14.9. The van der Waals surface area contributed by atoms with Crippen molar-refractivity contribution in [3.63, 3.8) is 0 Å². The summed E-state index contributed by atoms with van der Waals surface area (Å²) in [6, 6.07) is 18.5. The zero-order chi connectivity index (χ0) is 28.1. The van der Waals surface area contributed by atoms with Gasteiger partial charge in [0.2, 0.25) is 0 Å². The normalized spacial score (nSPS) is 36.3. The Labute approximate surface area is 237 Å². The summed E-state index contributed by atoms with van der Waals surface area (Å²) in [5.74, 6) is 0.966. The molecule has 0 saturated heterocycles. The predicted octanol–water partition coefficient (Wildman–Crippen LogP) is 7.22. The SMILES string of the molecule is CC(=O)C1=CC[C@H]2[C@@H]3CC[C@H]4C[C@H](OC(=O)c5ccccc5)CC[C@]4(C)[C@H]3[C@@H](OC(=O)c3ccccc3)C[C@]12C. The van der Waals surface area contributed by atoms with Crippen molar-refractivity contribution >= 4 is 17.7 Å². The van der Waals surface area contributed by atoms with E-state index in [1.807, 2.05) is 36.4 Å². The van der Waals surface area contributed by atoms with Gasteiger partial charge in [0.05, 0.1) is 11.1 Å². The van der Waals surface area contributed by atoms with Crippen molar-refractivity contribution in [2.24, 2.45) is 34.5 Å². The Hall–Kier alpha value is -3.21. The van der Waals surface area contributed by atoms with Crippen molar-refractivity contribution in [2.45, 2.75) is 77.9 Å². The van der Waals surface area contributed by atoms with Gasteiger partial charge in [0.1, 0.15) is 12.2 Å². The van der Waals surface area contributed by atoms with Crippen LogP contribution < -0.4 is 0 Å². The Morgan fingerprint density at radius 3 is 2.08 bits per heavy atom. The fourth-order valence-electron chi connectivity index (χ4n) is 9.21. The summed E-state index contributed by atoms with van der Waals surface area (Å²) in [6.45, 7) is 6.29. The summed E-state index contributed by atoms with van der Waals surface area (Å²) in [5.41, 5.74) is 1.77. The third-order valence-electron chi connectivity index (χ3n) is 11.0. The standard InChI is InChI=1S/C35H40O5/c1-22(36)28-16-17-29-27-15-14-25-20-26(39-32(37)23-10-6-4-7-11-23)18-19-34(25,2)31(27)30(21-35(28,29)3)40-33(38)24-12-8-5-9-13-24/h4-13,16,25-27,29-31H,14-15,17-21H2,1-3H3/t25-,26+,27-,29-,30-,31+,34-,35+/m0/s1. The molecule has 0 spiro atoms. The van der Waals surface area contributed by atoms with Gasteiger partial charge in [0.15, 0.2) is 5.78 Å². The smallest absolute Gasteiger partial charge is 0.338 e. The van der Waals surface area contributed by atoms with Gasteiger partial charge in [-0.05, 0) is 105 Å². The average molecular weight is 541 g/mol. The number of esters is 2. The molecule has 4 aliphatic rings. The lowest BCUT2D eigenvalue weighted by Crippen LogP contribution is -2.60. The second kappa shape index (κ2) is 10.3. The van der Waals surface area contributed by atoms with Crippen LogP contribution in [0.4, 0.5) is 0 Å². The number of carbonyl (C=O) groups is 3. The average Bonchev–Trinajstić information content (AvgIpc) is 3.31. The van der Waals surface area contributed by atoms with Gasteiger partial charge < -0.3 is 9.47 Å². The number of hydrogen-bond donors (Lipinski definition) is 0. The monoisotopic (exact) mass is 540 g/mol. The lowest BCUT2D eigenvalue weighted by Gasteiger charge is -2.62. The topological polar surface area (TPSA) is 69.7 Å². The minimum Gasteiger partial charge on any atom is -0.459 e. The summed E-state index contributed by atoms with van der Waals surface area (Å²) >= 11 is 0. The van der Waals surface area contributed by atoms with E-state index in [0.717, 1.165) is 44.1 Å². The van der Waals surface area contributed by atoms with Crippen molar-refractivity contribution in [1.82, 2.24) is 0 Å². The highest BCUT2D eigenvalue weighted by atomic mass is 16.5. The third kappa shape index (κ3) is 4.52. The molecule has 210 valence electrons. The molecule has 0 aromatic heterocycles. The van der Waals surface area contributed by atoms with E-state index >= 15 is 0 Å². The molecule has 2 aromatic carbocycles. The molecule has 40 heavy (non-hydrogen) atoms. The number of hydrogen-bond acceptors (Lipinski definition) is 5. The highest BCUT2D eigenvalue weighted by Gasteiger charge is 2.63. The third-order valence-corrected chi connectivity index (χ3v) is 11.0. The Kier molecular flexibility index (Phi) is 6.96. The summed E-state index contributed by atoms with van der Waals surface area (Å²) in [4.78, 5) is 38.9. The Morgan fingerprint density at radius 1 is 0.825 bits per heavy atom. The lowest BCUT2D eigenvalue weighted by atomic mass is 9.44. The first-order valence-electron chi connectivity index (χ1n) is 14.9. The van der Waals surface area contributed by atoms with E-state index in [9.17, 15) is 14.4 Å². The molecule has 0 aliphatic heterocycles. The van der Waals surface area contributed by atoms with E-state index in [0.29, 0.717) is 35.3 Å². The first-order chi connectivity index (χ1) is 19.2. The summed E-state index contributed by atoms with van der Waals surface area (Å²) in [7, 11) is 0. The molecule has 0 radical (unpaired) electrons. The van der Waals surface area contributed by atoms with Crippen LogP contribution in [0.15, 0.2) is 72.3 Å². The van der Waals surface area contributed by atoms with E-state index < -0.39 is 0 Å². The van der Waals surface area contributed by atoms with Gasteiger partial charge in [-0.2, -0.15) is 0 Å². The van der Waals surface area contributed by atoms with Gasteiger partial charge >= 0.3 is 11.9 Å². The van der Waals surface area contributed by atoms with E-state index in [4.69, 9.17) is 9.47 Å². The highest BCUT2D eigenvalue weighted by molar-refractivity contribution is 5.95. The molecule has 6 rings (SSSR count). The van der Waals surface area contributed by atoms with E-state index in [2.05, 4.69) is 19.9 Å². The second-order valence-electron chi connectivity index (χ2n) is 13.1. The van der Waals surface area contributed by atoms with E-state index in [1.54, 1.807) is 31.2 Å². The molecule has 4 aliphatic carbocycles. The van der Waals surface area contributed by atoms with Crippen LogP contribution in [0.5, 0.6) is 0 Å². The number of carbonyl (C=O) groups excluding carboxylic acids is 3. The first kappa shape index (κ1) is 27.0. The Morgan fingerprint density at radius 2 is 1.45 bits per heavy atom. The van der Waals surface area contributed by atoms with Crippen LogP contribution >= 0.6 is 0 Å². The Balaban J connectivity index is 1.27. The van der Waals surface area contributed by atoms with Crippen LogP contribution in [0.2, 0.25) is 0 Å². The summed E-state index contributed by atoms with van der Waals surface area (Å²) in [6.07, 6.45) is 8.10. The molecule has 0 bridgehead atoms. The van der Waals surface area contributed by atoms with Crippen molar-refractivity contribution in [3.05, 3.63) is 83.4 Å². The molecule has 2 aromatic rings. The Bertz CT molecular complexity index is 1320. The van der Waals surface area contributed by atoms with Crippen molar-refractivity contribution in [2.75, 3.05) is 0 Å². The maximum absolute atomic E-state index is 13.4. The maximum atomic E-state index is 13.4. The van der Waals surface area contributed by atoms with Gasteiger partial charge in [-0.25, -0.2) is 9.59 Å². The molecule has 8 atom stereocenters. The lowest BCUT2D eigenvalue weighted by molar-refractivity contribution is -0.170. The highest BCUT2D eigenvalue weighted by Crippen LogP contribution is 2.67. The van der Waals surface area contributed by atoms with Crippen LogP contribution in [0.25, 0.3) is 0 Å². The number of rotatable bonds is 5. The molecule has 3 saturated carbocycles. The summed E-state index contributed by atoms with van der Waals surface area (Å²) in [5, 5.41) is 0. The second-order valence-corrected chi connectivity index (χ2v) is 13.1. The molecular formula is C35H40O5. The van der Waals surface area contributed by atoms with Crippen molar-refractivity contribution < 1.29 is 23.9 Å². The molecule has 5 nitrogen and oxygen atoms in total. The minimum atomic E-state index is -0.283. The number of benzene rings is 2. The largest absolute Gasteiger partial charge is 0.459 e. The van der Waals surface area contributed by atoms with Crippen LogP contribution in [0.3, 0.4) is 0 Å². The van der Waals surface area contributed by atoms with Crippen molar-refractivity contribution in [1.29, 1.82) is 0 Å². The minimum absolute atomic E-state index is 0.0273. The number of ketones is 1. The van der Waals surface area contributed by atoms with Gasteiger partial charge in [0, 0.05) is 11.3 Å². The zero-order valence-electron chi connectivity index (χ0n) is 23.8. The predicted molar refractivity (Wildman–Crippen MR) is 153 cm³/mol. The zero-order valence-corrected chi connectivity index (χ0v) is 23.8. The van der Waals surface area contributed by atoms with E-state index in [-0.39, 0.29) is 46.7 Å². The number of ether oxygens (including phenoxy) is 2. The molecule has 5 heteroatoms. The molecule has 0 N–H and O–H groups in total. The van der Waals surface area contributed by atoms with Gasteiger partial charge in [-0.1, -0.05) is 56.3 Å². The van der Waals surface area contributed by atoms with E-state index in [1.165, 1.54) is 0 Å². The van der Waals surface area contributed by atoms with Gasteiger partial charge in [-0.15, -0.1) is 0 Å². The molecule has 0 unspecified atom stereocenters. The van der Waals surface area contributed by atoms with Crippen LogP contribution in [-0.2, 0) is 14.3 Å². The van der Waals surface area contributed by atoms with Gasteiger partial charge in [-0.3, -0.25) is 4.79 Å². The quantitative estimate of drug-likeness (QED) is 0.375.